The molecule has 0 radical (unpaired) electrons. The molecule has 0 saturated heterocycles. The number of aliphatic hydroxyl groups is 1. The molecule has 0 aliphatic carbocycles. The topological polar surface area (TPSA) is 29.5 Å². The highest BCUT2D eigenvalue weighted by molar-refractivity contribution is 9.10. The van der Waals surface area contributed by atoms with Crippen LogP contribution in [0.5, 0.6) is 5.75 Å². The number of hydrogen-bond donors (Lipinski definition) is 1. The van der Waals surface area contributed by atoms with Crippen LogP contribution in [0.2, 0.25) is 0 Å². The van der Waals surface area contributed by atoms with Gasteiger partial charge < -0.3 is 9.84 Å². The van der Waals surface area contributed by atoms with E-state index < -0.39 is 6.10 Å². The lowest BCUT2D eigenvalue weighted by molar-refractivity contribution is 0.214. The zero-order valence-corrected chi connectivity index (χ0v) is 12.9. The van der Waals surface area contributed by atoms with Crippen LogP contribution in [0.4, 0.5) is 0 Å². The Bertz CT molecular complexity index is 593. The van der Waals surface area contributed by atoms with Gasteiger partial charge in [0.15, 0.2) is 0 Å². The molecule has 2 aromatic rings. The third-order valence-corrected chi connectivity index (χ3v) is 3.70. The fourth-order valence-corrected chi connectivity index (χ4v) is 2.55. The van der Waals surface area contributed by atoms with E-state index in [1.807, 2.05) is 44.2 Å². The number of methoxy groups -OCH3 is 1. The lowest BCUT2D eigenvalue weighted by Crippen LogP contribution is -2.04. The predicted molar refractivity (Wildman–Crippen MR) is 80.7 cm³/mol. The summed E-state index contributed by atoms with van der Waals surface area (Å²) in [5.74, 6) is 0.682. The minimum Gasteiger partial charge on any atom is -0.496 e. The van der Waals surface area contributed by atoms with Crippen LogP contribution in [-0.4, -0.2) is 12.2 Å². The number of aliphatic hydroxyl groups excluding tert-OH is 1. The van der Waals surface area contributed by atoms with Crippen molar-refractivity contribution in [3.8, 4) is 5.75 Å². The van der Waals surface area contributed by atoms with Crippen LogP contribution in [-0.2, 0) is 0 Å². The van der Waals surface area contributed by atoms with Gasteiger partial charge in [-0.05, 0) is 37.1 Å². The Hall–Kier alpha value is -1.32. The first kappa shape index (κ1) is 14.1. The summed E-state index contributed by atoms with van der Waals surface area (Å²) in [6, 6.07) is 11.7. The number of aryl methyl sites for hydroxylation is 2. The molecule has 2 nitrogen and oxygen atoms in total. The molecule has 1 N–H and O–H groups in total. The average molecular weight is 321 g/mol. The summed E-state index contributed by atoms with van der Waals surface area (Å²) in [6.45, 7) is 4.06. The normalized spacial score (nSPS) is 12.3. The van der Waals surface area contributed by atoms with Gasteiger partial charge in [0, 0.05) is 10.0 Å². The summed E-state index contributed by atoms with van der Waals surface area (Å²) in [4.78, 5) is 0. The first-order valence-electron chi connectivity index (χ1n) is 6.11. The highest BCUT2D eigenvalue weighted by Crippen LogP contribution is 2.33. The molecule has 19 heavy (non-hydrogen) atoms. The van der Waals surface area contributed by atoms with Gasteiger partial charge in [0.25, 0.3) is 0 Å². The van der Waals surface area contributed by atoms with Crippen LogP contribution in [0.1, 0.15) is 28.4 Å². The zero-order valence-electron chi connectivity index (χ0n) is 11.3. The Kier molecular flexibility index (Phi) is 4.27. The molecule has 1 atom stereocenters. The van der Waals surface area contributed by atoms with Crippen LogP contribution in [0.25, 0.3) is 0 Å². The number of ether oxygens (including phenoxy) is 1. The molecule has 0 bridgehead atoms. The van der Waals surface area contributed by atoms with Crippen LogP contribution in [0, 0.1) is 13.8 Å². The van der Waals surface area contributed by atoms with Gasteiger partial charge in [0.2, 0.25) is 0 Å². The van der Waals surface area contributed by atoms with Crippen molar-refractivity contribution >= 4 is 15.9 Å². The molecule has 0 aliphatic rings. The molecule has 0 fully saturated rings. The van der Waals surface area contributed by atoms with Crippen LogP contribution >= 0.6 is 15.9 Å². The molecule has 0 saturated carbocycles. The molecular weight excluding hydrogens is 304 g/mol. The second kappa shape index (κ2) is 5.76. The van der Waals surface area contributed by atoms with Crippen molar-refractivity contribution in [1.82, 2.24) is 0 Å². The standard InChI is InChI=1S/C16H17BrO2/c1-10-4-6-13(11(2)8-10)16(18)14-7-5-12(17)9-15(14)19-3/h4-9,16,18H,1-3H3. The molecule has 2 aromatic carbocycles. The van der Waals surface area contributed by atoms with Gasteiger partial charge in [-0.1, -0.05) is 45.8 Å². The van der Waals surface area contributed by atoms with E-state index in [1.165, 1.54) is 5.56 Å². The van der Waals surface area contributed by atoms with Crippen LogP contribution < -0.4 is 4.74 Å². The smallest absolute Gasteiger partial charge is 0.126 e. The van der Waals surface area contributed by atoms with Crippen molar-refractivity contribution in [2.24, 2.45) is 0 Å². The van der Waals surface area contributed by atoms with Crippen LogP contribution in [0.15, 0.2) is 40.9 Å². The van der Waals surface area contributed by atoms with Gasteiger partial charge in [-0.3, -0.25) is 0 Å². The summed E-state index contributed by atoms with van der Waals surface area (Å²) < 4.78 is 6.27. The van der Waals surface area contributed by atoms with E-state index in [2.05, 4.69) is 22.0 Å². The predicted octanol–water partition coefficient (Wildman–Crippen LogP) is 4.16. The average Bonchev–Trinajstić information content (AvgIpc) is 2.37. The van der Waals surface area contributed by atoms with Gasteiger partial charge >= 0.3 is 0 Å². The van der Waals surface area contributed by atoms with Gasteiger partial charge in [0.1, 0.15) is 11.9 Å². The molecule has 0 heterocycles. The summed E-state index contributed by atoms with van der Waals surface area (Å²) in [6.07, 6.45) is -0.677. The van der Waals surface area contributed by atoms with Crippen molar-refractivity contribution < 1.29 is 9.84 Å². The highest BCUT2D eigenvalue weighted by atomic mass is 79.9. The fraction of sp³-hybridized carbons (Fsp3) is 0.250. The molecule has 3 heteroatoms. The lowest BCUT2D eigenvalue weighted by atomic mass is 9.95. The molecule has 100 valence electrons. The minimum absolute atomic E-state index is 0.677. The number of hydrogen-bond acceptors (Lipinski definition) is 2. The molecule has 0 aliphatic heterocycles. The summed E-state index contributed by atoms with van der Waals surface area (Å²) in [5, 5.41) is 10.6. The van der Waals surface area contributed by atoms with E-state index in [0.717, 1.165) is 21.2 Å². The van der Waals surface area contributed by atoms with Gasteiger partial charge in [-0.15, -0.1) is 0 Å². The second-order valence-corrected chi connectivity index (χ2v) is 5.56. The highest BCUT2D eigenvalue weighted by Gasteiger charge is 2.17. The Morgan fingerprint density at radius 1 is 1.05 bits per heavy atom. The number of benzene rings is 2. The monoisotopic (exact) mass is 320 g/mol. The van der Waals surface area contributed by atoms with Gasteiger partial charge in [-0.2, -0.15) is 0 Å². The van der Waals surface area contributed by atoms with Crippen LogP contribution in [0.3, 0.4) is 0 Å². The van der Waals surface area contributed by atoms with E-state index in [-0.39, 0.29) is 0 Å². The Morgan fingerprint density at radius 3 is 2.37 bits per heavy atom. The lowest BCUT2D eigenvalue weighted by Gasteiger charge is -2.17. The molecule has 0 spiro atoms. The van der Waals surface area contributed by atoms with Crippen molar-refractivity contribution in [1.29, 1.82) is 0 Å². The first-order valence-corrected chi connectivity index (χ1v) is 6.91. The zero-order chi connectivity index (χ0) is 14.0. The summed E-state index contributed by atoms with van der Waals surface area (Å²) in [7, 11) is 1.61. The van der Waals surface area contributed by atoms with Crippen molar-refractivity contribution in [2.75, 3.05) is 7.11 Å². The molecule has 2 rings (SSSR count). The fourth-order valence-electron chi connectivity index (χ4n) is 2.21. The number of rotatable bonds is 3. The minimum atomic E-state index is -0.677. The molecule has 1 unspecified atom stereocenters. The van der Waals surface area contributed by atoms with Gasteiger partial charge in [0.05, 0.1) is 7.11 Å². The number of halogens is 1. The molecule has 0 amide bonds. The summed E-state index contributed by atoms with van der Waals surface area (Å²) in [5.41, 5.74) is 3.96. The quantitative estimate of drug-likeness (QED) is 0.920. The largest absolute Gasteiger partial charge is 0.496 e. The molecule has 0 aromatic heterocycles. The summed E-state index contributed by atoms with van der Waals surface area (Å²) >= 11 is 3.40. The third-order valence-electron chi connectivity index (χ3n) is 3.21. The van der Waals surface area contributed by atoms with E-state index >= 15 is 0 Å². The van der Waals surface area contributed by atoms with E-state index in [1.54, 1.807) is 7.11 Å². The van der Waals surface area contributed by atoms with Crippen molar-refractivity contribution in [2.45, 2.75) is 20.0 Å². The SMILES string of the molecule is COc1cc(Br)ccc1C(O)c1ccc(C)cc1C. The Morgan fingerprint density at radius 2 is 1.74 bits per heavy atom. The van der Waals surface area contributed by atoms with Crippen molar-refractivity contribution in [3.05, 3.63) is 63.1 Å². The Labute approximate surface area is 122 Å². The van der Waals surface area contributed by atoms with E-state index in [4.69, 9.17) is 4.74 Å². The Balaban J connectivity index is 2.46. The maximum absolute atomic E-state index is 10.6. The van der Waals surface area contributed by atoms with Crippen molar-refractivity contribution in [3.63, 3.8) is 0 Å². The van der Waals surface area contributed by atoms with E-state index in [0.29, 0.717) is 5.75 Å². The first-order chi connectivity index (χ1) is 9.02. The van der Waals surface area contributed by atoms with E-state index in [9.17, 15) is 5.11 Å². The third kappa shape index (κ3) is 2.99. The maximum atomic E-state index is 10.6. The van der Waals surface area contributed by atoms with Gasteiger partial charge in [-0.25, -0.2) is 0 Å². The molecular formula is C16H17BrO2. The second-order valence-electron chi connectivity index (χ2n) is 4.65. The maximum Gasteiger partial charge on any atom is 0.126 e.